The van der Waals surface area contributed by atoms with Crippen LogP contribution in [0.4, 0.5) is 0 Å². The minimum Gasteiger partial charge on any atom is -0.421 e. The van der Waals surface area contributed by atoms with Crippen LogP contribution in [-0.4, -0.2) is 32.1 Å². The minimum absolute atomic E-state index is 0.0661. The van der Waals surface area contributed by atoms with E-state index in [0.717, 1.165) is 16.7 Å². The van der Waals surface area contributed by atoms with Crippen LogP contribution in [-0.2, 0) is 0 Å². The second-order valence-corrected chi connectivity index (χ2v) is 5.68. The first-order chi connectivity index (χ1) is 12.2. The van der Waals surface area contributed by atoms with Crippen LogP contribution in [0, 0.1) is 0 Å². The summed E-state index contributed by atoms with van der Waals surface area (Å²) in [5.74, 6) is 0.406. The Morgan fingerprint density at radius 2 is 1.36 bits per heavy atom. The molecule has 5 nitrogen and oxygen atoms in total. The summed E-state index contributed by atoms with van der Waals surface area (Å²) in [5.41, 5.74) is 2.94. The van der Waals surface area contributed by atoms with Crippen molar-refractivity contribution in [3.05, 3.63) is 73.1 Å². The summed E-state index contributed by atoms with van der Waals surface area (Å²) in [6.07, 6.45) is 1.27. The van der Waals surface area contributed by atoms with Crippen molar-refractivity contribution in [2.24, 2.45) is 0 Å². The van der Waals surface area contributed by atoms with Gasteiger partial charge in [0.1, 0.15) is 6.33 Å². The molecule has 3 aromatic carbocycles. The van der Waals surface area contributed by atoms with E-state index in [9.17, 15) is 10.0 Å². The molecule has 25 heavy (non-hydrogen) atoms. The van der Waals surface area contributed by atoms with E-state index >= 15 is 0 Å². The number of hydrogen-bond acceptors (Lipinski definition) is 5. The van der Waals surface area contributed by atoms with Crippen molar-refractivity contribution in [3.63, 3.8) is 0 Å². The SMILES string of the molecule is OB(O)c1ncnc(-c2ccc(-c3ccc4ccccc4c3)cc2)n1. The van der Waals surface area contributed by atoms with E-state index in [1.165, 1.54) is 17.1 Å². The predicted molar refractivity (Wildman–Crippen MR) is 98.0 cm³/mol. The zero-order chi connectivity index (χ0) is 17.2. The summed E-state index contributed by atoms with van der Waals surface area (Å²) in [6.45, 7) is 0. The van der Waals surface area contributed by atoms with Crippen molar-refractivity contribution < 1.29 is 10.0 Å². The van der Waals surface area contributed by atoms with Crippen molar-refractivity contribution in [1.29, 1.82) is 0 Å². The Balaban J connectivity index is 1.68. The highest BCUT2D eigenvalue weighted by Gasteiger charge is 2.16. The molecule has 0 saturated heterocycles. The van der Waals surface area contributed by atoms with Crippen molar-refractivity contribution in [1.82, 2.24) is 15.0 Å². The Morgan fingerprint density at radius 3 is 2.12 bits per heavy atom. The number of fused-ring (bicyclic) bond motifs is 1. The summed E-state index contributed by atoms with van der Waals surface area (Å²) in [7, 11) is -1.71. The van der Waals surface area contributed by atoms with Crippen molar-refractivity contribution in [3.8, 4) is 22.5 Å². The maximum atomic E-state index is 9.18. The Labute approximate surface area is 144 Å². The highest BCUT2D eigenvalue weighted by molar-refractivity contribution is 6.56. The van der Waals surface area contributed by atoms with Gasteiger partial charge < -0.3 is 10.0 Å². The molecule has 0 aliphatic carbocycles. The highest BCUT2D eigenvalue weighted by atomic mass is 16.4. The van der Waals surface area contributed by atoms with Crippen LogP contribution >= 0.6 is 0 Å². The Kier molecular flexibility index (Phi) is 3.97. The minimum atomic E-state index is -1.71. The van der Waals surface area contributed by atoms with Crippen LogP contribution in [0.25, 0.3) is 33.3 Å². The number of benzene rings is 3. The van der Waals surface area contributed by atoms with E-state index in [4.69, 9.17) is 0 Å². The van der Waals surface area contributed by atoms with E-state index in [-0.39, 0.29) is 5.72 Å². The topological polar surface area (TPSA) is 79.1 Å². The lowest BCUT2D eigenvalue weighted by atomic mass is 9.91. The van der Waals surface area contributed by atoms with Gasteiger partial charge in [0.2, 0.25) is 0 Å². The lowest BCUT2D eigenvalue weighted by Crippen LogP contribution is -2.35. The van der Waals surface area contributed by atoms with Crippen molar-refractivity contribution in [2.45, 2.75) is 0 Å². The van der Waals surface area contributed by atoms with Gasteiger partial charge in [-0.1, -0.05) is 60.7 Å². The Hall–Kier alpha value is -3.09. The molecule has 0 saturated carbocycles. The smallest absolute Gasteiger partial charge is 0.421 e. The summed E-state index contributed by atoms with van der Waals surface area (Å²) in [5, 5.41) is 20.8. The number of aromatic nitrogens is 3. The summed E-state index contributed by atoms with van der Waals surface area (Å²) in [6, 6.07) is 22.4. The normalized spacial score (nSPS) is 10.8. The number of nitrogens with zero attached hydrogens (tertiary/aromatic N) is 3. The van der Waals surface area contributed by atoms with Crippen LogP contribution in [0.5, 0.6) is 0 Å². The van der Waals surface area contributed by atoms with Gasteiger partial charge in [-0.05, 0) is 28.0 Å². The molecule has 1 aromatic heterocycles. The van der Waals surface area contributed by atoms with Crippen molar-refractivity contribution in [2.75, 3.05) is 0 Å². The van der Waals surface area contributed by atoms with Gasteiger partial charge in [0, 0.05) is 5.56 Å². The predicted octanol–water partition coefficient (Wildman–Crippen LogP) is 2.04. The molecule has 4 aromatic rings. The Bertz CT molecular complexity index is 1040. The Morgan fingerprint density at radius 1 is 0.680 bits per heavy atom. The maximum absolute atomic E-state index is 9.18. The first-order valence-electron chi connectivity index (χ1n) is 7.85. The zero-order valence-electron chi connectivity index (χ0n) is 13.2. The second-order valence-electron chi connectivity index (χ2n) is 5.68. The van der Waals surface area contributed by atoms with Crippen LogP contribution < -0.4 is 5.72 Å². The van der Waals surface area contributed by atoms with Gasteiger partial charge in [-0.2, -0.15) is 0 Å². The molecular weight excluding hydrogens is 313 g/mol. The average molecular weight is 327 g/mol. The zero-order valence-corrected chi connectivity index (χ0v) is 13.2. The third-order valence-corrected chi connectivity index (χ3v) is 4.05. The number of rotatable bonds is 3. The van der Waals surface area contributed by atoms with E-state index < -0.39 is 7.12 Å². The van der Waals surface area contributed by atoms with Gasteiger partial charge in [-0.15, -0.1) is 0 Å². The molecule has 0 amide bonds. The van der Waals surface area contributed by atoms with Gasteiger partial charge >= 0.3 is 7.12 Å². The van der Waals surface area contributed by atoms with Crippen LogP contribution in [0.1, 0.15) is 0 Å². The van der Waals surface area contributed by atoms with Crippen LogP contribution in [0.3, 0.4) is 0 Å². The first kappa shape index (κ1) is 15.4. The molecule has 0 spiro atoms. The van der Waals surface area contributed by atoms with E-state index in [1.807, 2.05) is 36.4 Å². The molecule has 0 bridgehead atoms. The maximum Gasteiger partial charge on any atom is 0.528 e. The molecule has 1 heterocycles. The standard InChI is InChI=1S/C19H14BN3O2/c24-20(25)19-22-12-21-18(23-19)15-8-5-14(6-9-15)17-10-7-13-3-1-2-4-16(13)11-17/h1-12,24-25H. The van der Waals surface area contributed by atoms with Crippen LogP contribution in [0.15, 0.2) is 73.1 Å². The first-order valence-corrected chi connectivity index (χ1v) is 7.85. The molecule has 2 N–H and O–H groups in total. The number of hydrogen-bond donors (Lipinski definition) is 2. The van der Waals surface area contributed by atoms with Gasteiger partial charge in [-0.3, -0.25) is 0 Å². The summed E-state index contributed by atoms with van der Waals surface area (Å²) < 4.78 is 0. The molecule has 0 aliphatic rings. The van der Waals surface area contributed by atoms with Crippen molar-refractivity contribution >= 4 is 23.6 Å². The summed E-state index contributed by atoms with van der Waals surface area (Å²) in [4.78, 5) is 11.9. The largest absolute Gasteiger partial charge is 0.528 e. The lowest BCUT2D eigenvalue weighted by molar-refractivity contribution is 0.422. The van der Waals surface area contributed by atoms with Gasteiger partial charge in [0.15, 0.2) is 11.5 Å². The van der Waals surface area contributed by atoms with Gasteiger partial charge in [-0.25, -0.2) is 15.0 Å². The van der Waals surface area contributed by atoms with Gasteiger partial charge in [0.05, 0.1) is 0 Å². The molecule has 6 heteroatoms. The van der Waals surface area contributed by atoms with Gasteiger partial charge in [0.25, 0.3) is 0 Å². The molecule has 0 unspecified atom stereocenters. The highest BCUT2D eigenvalue weighted by Crippen LogP contribution is 2.26. The van der Waals surface area contributed by atoms with E-state index in [1.54, 1.807) is 0 Å². The fourth-order valence-electron chi connectivity index (χ4n) is 2.75. The molecule has 0 fully saturated rings. The average Bonchev–Trinajstić information content (AvgIpc) is 2.68. The monoisotopic (exact) mass is 327 g/mol. The third-order valence-electron chi connectivity index (χ3n) is 4.05. The van der Waals surface area contributed by atoms with E-state index in [0.29, 0.717) is 5.82 Å². The third kappa shape index (κ3) is 3.13. The molecule has 120 valence electrons. The molecule has 0 atom stereocenters. The fraction of sp³-hybridized carbons (Fsp3) is 0. The molecule has 4 rings (SSSR count). The second kappa shape index (κ2) is 6.43. The quantitative estimate of drug-likeness (QED) is 0.563. The molecular formula is C19H14BN3O2. The fourth-order valence-corrected chi connectivity index (χ4v) is 2.75. The van der Waals surface area contributed by atoms with Crippen LogP contribution in [0.2, 0.25) is 0 Å². The van der Waals surface area contributed by atoms with E-state index in [2.05, 4.69) is 45.3 Å². The molecule has 0 radical (unpaired) electrons. The summed E-state index contributed by atoms with van der Waals surface area (Å²) >= 11 is 0. The molecule has 0 aliphatic heterocycles. The lowest BCUT2D eigenvalue weighted by Gasteiger charge is -2.06.